The number of benzene rings is 2. The zero-order valence-electron chi connectivity index (χ0n) is 14.7. The van der Waals surface area contributed by atoms with Crippen LogP contribution < -0.4 is 4.57 Å². The molecule has 132 valence electrons. The van der Waals surface area contributed by atoms with Crippen LogP contribution in [0.2, 0.25) is 0 Å². The Labute approximate surface area is 161 Å². The summed E-state index contributed by atoms with van der Waals surface area (Å²) in [6, 6.07) is 17.0. The first kappa shape index (κ1) is 21.2. The van der Waals surface area contributed by atoms with Crippen LogP contribution >= 0.6 is 19.3 Å². The van der Waals surface area contributed by atoms with Crippen LogP contribution in [-0.4, -0.2) is 4.57 Å². The molecule has 0 atom stereocenters. The van der Waals surface area contributed by atoms with Gasteiger partial charge in [0.15, 0.2) is 0 Å². The van der Waals surface area contributed by atoms with E-state index in [2.05, 4.69) is 63.5 Å². The van der Waals surface area contributed by atoms with Gasteiger partial charge in [0.1, 0.15) is 0 Å². The molecule has 24 heavy (non-hydrogen) atoms. The van der Waals surface area contributed by atoms with Gasteiger partial charge in [-0.1, -0.05) is 67.9 Å². The minimum atomic E-state index is -0.639. The summed E-state index contributed by atoms with van der Waals surface area (Å²) in [5.41, 5.74) is 5.19. The molecule has 3 rings (SSSR count). The van der Waals surface area contributed by atoms with Gasteiger partial charge < -0.3 is 9.13 Å². The second kappa shape index (κ2) is 10.9. The molecule has 0 aliphatic carbocycles. The van der Waals surface area contributed by atoms with Crippen molar-refractivity contribution in [2.45, 2.75) is 26.7 Å². The Morgan fingerprint density at radius 3 is 2.08 bits per heavy atom. The van der Waals surface area contributed by atoms with Crippen LogP contribution in [0.5, 0.6) is 0 Å². The van der Waals surface area contributed by atoms with Gasteiger partial charge in [-0.3, -0.25) is 0 Å². The van der Waals surface area contributed by atoms with Crippen molar-refractivity contribution in [2.24, 2.45) is 14.1 Å². The van der Waals surface area contributed by atoms with Crippen LogP contribution in [0.25, 0.3) is 11.0 Å². The van der Waals surface area contributed by atoms with Crippen molar-refractivity contribution in [3.05, 3.63) is 66.0 Å². The number of rotatable bonds is 1. The Morgan fingerprint density at radius 1 is 1.04 bits per heavy atom. The average molecular weight is 542 g/mol. The number of aromatic nitrogens is 2. The Kier molecular flexibility index (Phi) is 9.60. The van der Waals surface area contributed by atoms with E-state index in [1.54, 1.807) is 0 Å². The first-order valence-corrected chi connectivity index (χ1v) is 13.9. The first-order chi connectivity index (χ1) is 11.4. The summed E-state index contributed by atoms with van der Waals surface area (Å²) in [5, 5.41) is 0. The molecule has 3 aromatic rings. The average Bonchev–Trinajstić information content (AvgIpc) is 2.84. The van der Waals surface area contributed by atoms with Crippen molar-refractivity contribution in [2.75, 3.05) is 0 Å². The summed E-state index contributed by atoms with van der Waals surface area (Å²) in [6.45, 7) is 6.54. The van der Waals surface area contributed by atoms with E-state index in [0.29, 0.717) is 5.92 Å². The molecule has 0 amide bonds. The van der Waals surface area contributed by atoms with E-state index in [1.807, 2.05) is 35.4 Å². The summed E-state index contributed by atoms with van der Waals surface area (Å²) in [6.07, 6.45) is 3.15. The maximum absolute atomic E-state index is 4.90. The fraction of sp³-hybridized carbons (Fsp3) is 0.316. The molecular formula is C19H24Cl2N2Os. The third-order valence-electron chi connectivity index (χ3n) is 3.65. The van der Waals surface area contributed by atoms with Crippen molar-refractivity contribution in [1.29, 1.82) is 0 Å². The molecule has 1 aromatic heterocycles. The second-order valence-corrected chi connectivity index (χ2v) is 9.49. The molecule has 0 N–H and O–H groups in total. The van der Waals surface area contributed by atoms with E-state index < -0.39 is 15.4 Å². The fourth-order valence-electron chi connectivity index (χ4n) is 2.32. The summed E-state index contributed by atoms with van der Waals surface area (Å²) < 4.78 is 3.99. The Balaban J connectivity index is 0.000000208. The van der Waals surface area contributed by atoms with Gasteiger partial charge in [0.25, 0.3) is 0 Å². The molecule has 0 unspecified atom stereocenters. The molecule has 1 heterocycles. The van der Waals surface area contributed by atoms with E-state index in [9.17, 15) is 0 Å². The molecule has 0 aliphatic heterocycles. The first-order valence-electron chi connectivity index (χ1n) is 7.65. The van der Waals surface area contributed by atoms with E-state index in [0.717, 1.165) is 0 Å². The number of nitrogens with zero attached hydrogens (tertiary/aromatic N) is 2. The zero-order valence-corrected chi connectivity index (χ0v) is 18.8. The summed E-state index contributed by atoms with van der Waals surface area (Å²) in [7, 11) is 13.8. The van der Waals surface area contributed by atoms with Gasteiger partial charge in [-0.15, -0.1) is 0 Å². The van der Waals surface area contributed by atoms with E-state index >= 15 is 0 Å². The number of hydrogen-bond donors (Lipinski definition) is 0. The SMILES string of the molecule is Cc1ccc(C(C)C)cc1.Cn1[c-][n+](C)c2ccccc21.[Cl][Os][Cl]. The molecule has 2 nitrogen and oxygen atoms in total. The Hall–Kier alpha value is -0.874. The summed E-state index contributed by atoms with van der Waals surface area (Å²) >= 11 is -0.639. The molecule has 0 saturated heterocycles. The third-order valence-corrected chi connectivity index (χ3v) is 3.65. The number of imidazole rings is 1. The fourth-order valence-corrected chi connectivity index (χ4v) is 2.32. The predicted octanol–water partition coefficient (Wildman–Crippen LogP) is 5.30. The van der Waals surface area contributed by atoms with Crippen LogP contribution in [0.4, 0.5) is 0 Å². The van der Waals surface area contributed by atoms with Gasteiger partial charge in [0, 0.05) is 11.0 Å². The van der Waals surface area contributed by atoms with Crippen molar-refractivity contribution in [3.8, 4) is 0 Å². The van der Waals surface area contributed by atoms with Crippen molar-refractivity contribution >= 4 is 30.3 Å². The third kappa shape index (κ3) is 6.56. The summed E-state index contributed by atoms with van der Waals surface area (Å²) in [4.78, 5) is 0. The van der Waals surface area contributed by atoms with Crippen molar-refractivity contribution in [1.82, 2.24) is 4.57 Å². The molecule has 0 aliphatic rings. The molecule has 2 aromatic carbocycles. The van der Waals surface area contributed by atoms with E-state index in [4.69, 9.17) is 19.3 Å². The molecule has 0 radical (unpaired) electrons. The zero-order chi connectivity index (χ0) is 18.1. The van der Waals surface area contributed by atoms with Gasteiger partial charge in [-0.2, -0.15) is 0 Å². The molecule has 0 saturated carbocycles. The monoisotopic (exact) mass is 542 g/mol. The number of fused-ring (bicyclic) bond motifs is 1. The Bertz CT molecular complexity index is 701. The quantitative estimate of drug-likeness (QED) is 0.292. The van der Waals surface area contributed by atoms with Crippen molar-refractivity contribution < 1.29 is 20.0 Å². The number of hydrogen-bond acceptors (Lipinski definition) is 0. The summed E-state index contributed by atoms with van der Waals surface area (Å²) in [5.74, 6) is 0.653. The minimum absolute atomic E-state index is 0.639. The van der Waals surface area contributed by atoms with Crippen LogP contribution in [0, 0.1) is 13.3 Å². The topological polar surface area (TPSA) is 8.81 Å². The van der Waals surface area contributed by atoms with Crippen LogP contribution in [0.1, 0.15) is 30.9 Å². The molecule has 0 bridgehead atoms. The van der Waals surface area contributed by atoms with E-state index in [-0.39, 0.29) is 0 Å². The van der Waals surface area contributed by atoms with Crippen molar-refractivity contribution in [3.63, 3.8) is 0 Å². The van der Waals surface area contributed by atoms with E-state index in [1.165, 1.54) is 22.2 Å². The number of halogens is 2. The van der Waals surface area contributed by atoms with Gasteiger partial charge in [-0.25, -0.2) is 0 Å². The molecule has 0 spiro atoms. The predicted molar refractivity (Wildman–Crippen MR) is 99.9 cm³/mol. The molecular weight excluding hydrogens is 517 g/mol. The van der Waals surface area contributed by atoms with Gasteiger partial charge in [-0.05, 0) is 18.4 Å². The van der Waals surface area contributed by atoms with Crippen LogP contribution in [0.15, 0.2) is 48.5 Å². The van der Waals surface area contributed by atoms with Gasteiger partial charge >= 0.3 is 34.7 Å². The van der Waals surface area contributed by atoms with Gasteiger partial charge in [0.05, 0.1) is 14.1 Å². The van der Waals surface area contributed by atoms with Gasteiger partial charge in [0.2, 0.25) is 6.33 Å². The number of para-hydroxylation sites is 2. The maximum atomic E-state index is 4.90. The van der Waals surface area contributed by atoms with Crippen LogP contribution in [-0.2, 0) is 29.5 Å². The molecule has 5 heteroatoms. The standard InChI is InChI=1S/C10H14.C9H10N2.2ClH.Os/c1-8(2)10-6-4-9(3)5-7-10;1-10-7-11(2)9-6-4-3-5-8(9)10;;;/h4-8H,1-3H3;3-6H,1-2H3;2*1H;/q;;;;+2/p-2. The number of aryl methyl sites for hydroxylation is 3. The second-order valence-electron chi connectivity index (χ2n) is 5.82. The normalized spacial score (nSPS) is 10.2. The molecule has 0 fully saturated rings. The van der Waals surface area contributed by atoms with Crippen LogP contribution in [0.3, 0.4) is 0 Å². The Morgan fingerprint density at radius 2 is 1.58 bits per heavy atom.